The lowest BCUT2D eigenvalue weighted by molar-refractivity contribution is 0.270. The van der Waals surface area contributed by atoms with Crippen LogP contribution in [0.15, 0.2) is 12.7 Å². The average molecular weight is 217 g/mol. The van der Waals surface area contributed by atoms with Crippen LogP contribution in [-0.4, -0.2) is 35.3 Å². The second kappa shape index (κ2) is 8.33. The van der Waals surface area contributed by atoms with Crippen molar-refractivity contribution in [3.63, 3.8) is 0 Å². The Bertz CT molecular complexity index is 148. The van der Waals surface area contributed by atoms with Gasteiger partial charge in [0.05, 0.1) is 6.61 Å². The van der Waals surface area contributed by atoms with Crippen LogP contribution in [0.3, 0.4) is 0 Å². The van der Waals surface area contributed by atoms with E-state index in [9.17, 15) is 0 Å². The molecule has 0 saturated heterocycles. The van der Waals surface area contributed by atoms with Crippen LogP contribution in [0.2, 0.25) is 0 Å². The van der Waals surface area contributed by atoms with Crippen molar-refractivity contribution in [2.24, 2.45) is 0 Å². The molecule has 0 aromatic heterocycles. The van der Waals surface area contributed by atoms with Gasteiger partial charge in [-0.05, 0) is 32.9 Å². The zero-order valence-corrected chi connectivity index (χ0v) is 10.3. The zero-order chi connectivity index (χ0) is 11.0. The first kappa shape index (κ1) is 14.0. The van der Waals surface area contributed by atoms with Gasteiger partial charge in [-0.3, -0.25) is 0 Å². The van der Waals surface area contributed by atoms with Crippen LogP contribution in [-0.2, 0) is 0 Å². The van der Waals surface area contributed by atoms with E-state index < -0.39 is 0 Å². The lowest BCUT2D eigenvalue weighted by Gasteiger charge is -2.25. The third kappa shape index (κ3) is 5.68. The molecule has 3 unspecified atom stereocenters. The van der Waals surface area contributed by atoms with E-state index in [1.807, 2.05) is 12.3 Å². The van der Waals surface area contributed by atoms with E-state index in [1.54, 1.807) is 11.8 Å². The highest BCUT2D eigenvalue weighted by molar-refractivity contribution is 7.99. The lowest BCUT2D eigenvalue weighted by atomic mass is 10.1. The van der Waals surface area contributed by atoms with Gasteiger partial charge >= 0.3 is 0 Å². The van der Waals surface area contributed by atoms with Crippen molar-refractivity contribution in [2.75, 3.05) is 12.9 Å². The molecule has 14 heavy (non-hydrogen) atoms. The van der Waals surface area contributed by atoms with E-state index in [0.29, 0.717) is 17.3 Å². The smallest absolute Gasteiger partial charge is 0.0564 e. The van der Waals surface area contributed by atoms with Crippen LogP contribution in [0, 0.1) is 0 Å². The summed E-state index contributed by atoms with van der Waals surface area (Å²) in [5, 5.41) is 12.9. The van der Waals surface area contributed by atoms with E-state index in [0.717, 1.165) is 12.8 Å². The SMILES string of the molecule is C=CCCC(C)NC(C)C(CO)SC. The van der Waals surface area contributed by atoms with Gasteiger partial charge in [0, 0.05) is 17.3 Å². The molecule has 0 bridgehead atoms. The van der Waals surface area contributed by atoms with Gasteiger partial charge in [0.25, 0.3) is 0 Å². The number of hydrogen-bond acceptors (Lipinski definition) is 3. The van der Waals surface area contributed by atoms with E-state index in [1.165, 1.54) is 0 Å². The predicted molar refractivity (Wildman–Crippen MR) is 65.9 cm³/mol. The Labute approximate surface area is 92.2 Å². The summed E-state index contributed by atoms with van der Waals surface area (Å²) in [6, 6.07) is 0.846. The highest BCUT2D eigenvalue weighted by Crippen LogP contribution is 2.11. The molecule has 0 aromatic carbocycles. The monoisotopic (exact) mass is 217 g/mol. The van der Waals surface area contributed by atoms with E-state index in [-0.39, 0.29) is 6.61 Å². The Morgan fingerprint density at radius 1 is 1.50 bits per heavy atom. The van der Waals surface area contributed by atoms with Crippen molar-refractivity contribution in [1.29, 1.82) is 0 Å². The van der Waals surface area contributed by atoms with Crippen LogP contribution in [0.4, 0.5) is 0 Å². The molecule has 3 heteroatoms. The molecule has 84 valence electrons. The first-order valence-corrected chi connectivity index (χ1v) is 6.45. The highest BCUT2D eigenvalue weighted by atomic mass is 32.2. The van der Waals surface area contributed by atoms with Gasteiger partial charge in [0.2, 0.25) is 0 Å². The minimum absolute atomic E-state index is 0.240. The van der Waals surface area contributed by atoms with Crippen molar-refractivity contribution >= 4 is 11.8 Å². The first-order valence-electron chi connectivity index (χ1n) is 5.16. The van der Waals surface area contributed by atoms with Crippen molar-refractivity contribution in [2.45, 2.75) is 44.0 Å². The third-order valence-corrected chi connectivity index (χ3v) is 3.55. The van der Waals surface area contributed by atoms with Crippen LogP contribution in [0.5, 0.6) is 0 Å². The Morgan fingerprint density at radius 2 is 2.14 bits per heavy atom. The second-order valence-electron chi connectivity index (χ2n) is 3.68. The number of thioether (sulfide) groups is 1. The Hall–Kier alpha value is 0.0100. The largest absolute Gasteiger partial charge is 0.395 e. The predicted octanol–water partition coefficient (Wildman–Crippen LogP) is 2.04. The van der Waals surface area contributed by atoms with Gasteiger partial charge in [-0.15, -0.1) is 6.58 Å². The molecule has 0 aliphatic carbocycles. The van der Waals surface area contributed by atoms with Crippen LogP contribution in [0.25, 0.3) is 0 Å². The summed E-state index contributed by atoms with van der Waals surface area (Å²) in [4.78, 5) is 0. The molecule has 0 saturated carbocycles. The number of aliphatic hydroxyl groups is 1. The Kier molecular flexibility index (Phi) is 8.34. The Balaban J connectivity index is 3.78. The summed E-state index contributed by atoms with van der Waals surface area (Å²) in [6.07, 6.45) is 6.14. The zero-order valence-electron chi connectivity index (χ0n) is 9.49. The van der Waals surface area contributed by atoms with Crippen molar-refractivity contribution in [3.05, 3.63) is 12.7 Å². The molecule has 2 N–H and O–H groups in total. The first-order chi connectivity index (χ1) is 6.65. The molecule has 0 amide bonds. The van der Waals surface area contributed by atoms with Crippen LogP contribution < -0.4 is 5.32 Å². The van der Waals surface area contributed by atoms with Crippen molar-refractivity contribution in [1.82, 2.24) is 5.32 Å². The van der Waals surface area contributed by atoms with Gasteiger partial charge in [0.15, 0.2) is 0 Å². The maximum atomic E-state index is 9.11. The summed E-state index contributed by atoms with van der Waals surface area (Å²) >= 11 is 1.71. The molecule has 0 aromatic rings. The van der Waals surface area contributed by atoms with Crippen LogP contribution in [0.1, 0.15) is 26.7 Å². The van der Waals surface area contributed by atoms with E-state index in [2.05, 4.69) is 25.7 Å². The third-order valence-electron chi connectivity index (χ3n) is 2.39. The number of allylic oxidation sites excluding steroid dienone is 1. The topological polar surface area (TPSA) is 32.3 Å². The molecular formula is C11H23NOS. The van der Waals surface area contributed by atoms with Gasteiger partial charge < -0.3 is 10.4 Å². The number of hydrogen-bond donors (Lipinski definition) is 2. The van der Waals surface area contributed by atoms with Crippen molar-refractivity contribution in [3.8, 4) is 0 Å². The van der Waals surface area contributed by atoms with E-state index in [4.69, 9.17) is 5.11 Å². The molecule has 0 aliphatic rings. The maximum absolute atomic E-state index is 9.11. The van der Waals surface area contributed by atoms with Crippen LogP contribution >= 0.6 is 11.8 Å². The molecule has 3 atom stereocenters. The molecule has 2 nitrogen and oxygen atoms in total. The molecule has 0 radical (unpaired) electrons. The fraction of sp³-hybridized carbons (Fsp3) is 0.818. The summed E-state index contributed by atoms with van der Waals surface area (Å²) in [5.41, 5.74) is 0. The molecule has 0 spiro atoms. The summed E-state index contributed by atoms with van der Waals surface area (Å²) < 4.78 is 0. The highest BCUT2D eigenvalue weighted by Gasteiger charge is 2.16. The molecular weight excluding hydrogens is 194 g/mol. The van der Waals surface area contributed by atoms with Gasteiger partial charge in [-0.2, -0.15) is 11.8 Å². The number of rotatable bonds is 8. The molecule has 0 aliphatic heterocycles. The van der Waals surface area contributed by atoms with Crippen molar-refractivity contribution < 1.29 is 5.11 Å². The number of nitrogens with one attached hydrogen (secondary N) is 1. The fourth-order valence-electron chi connectivity index (χ4n) is 1.44. The minimum atomic E-state index is 0.240. The fourth-order valence-corrected chi connectivity index (χ4v) is 2.08. The molecule has 0 rings (SSSR count). The lowest BCUT2D eigenvalue weighted by Crippen LogP contribution is -2.42. The quantitative estimate of drug-likeness (QED) is 0.610. The van der Waals surface area contributed by atoms with Gasteiger partial charge in [0.1, 0.15) is 0 Å². The van der Waals surface area contributed by atoms with E-state index >= 15 is 0 Å². The normalized spacial score (nSPS) is 17.4. The van der Waals surface area contributed by atoms with Gasteiger partial charge in [-0.1, -0.05) is 6.08 Å². The minimum Gasteiger partial charge on any atom is -0.395 e. The Morgan fingerprint density at radius 3 is 2.57 bits per heavy atom. The summed E-state index contributed by atoms with van der Waals surface area (Å²) in [7, 11) is 0. The van der Waals surface area contributed by atoms with Gasteiger partial charge in [-0.25, -0.2) is 0 Å². The average Bonchev–Trinajstić information content (AvgIpc) is 2.16. The number of aliphatic hydroxyl groups excluding tert-OH is 1. The maximum Gasteiger partial charge on any atom is 0.0564 e. The molecule has 0 heterocycles. The summed E-state index contributed by atoms with van der Waals surface area (Å²) in [5.74, 6) is 0. The summed E-state index contributed by atoms with van der Waals surface area (Å²) in [6.45, 7) is 8.25. The second-order valence-corrected chi connectivity index (χ2v) is 4.76. The molecule has 0 fully saturated rings. The standard InChI is InChI=1S/C11H23NOS/c1-5-6-7-9(2)12-10(3)11(8-13)14-4/h5,9-13H,1,6-8H2,2-4H3.